The van der Waals surface area contributed by atoms with E-state index < -0.39 is 5.82 Å². The van der Waals surface area contributed by atoms with Crippen molar-refractivity contribution in [3.05, 3.63) is 66.5 Å². The van der Waals surface area contributed by atoms with Gasteiger partial charge >= 0.3 is 0 Å². The summed E-state index contributed by atoms with van der Waals surface area (Å²) in [6, 6.07) is 14.0. The van der Waals surface area contributed by atoms with Crippen molar-refractivity contribution < 1.29 is 4.39 Å². The van der Waals surface area contributed by atoms with Gasteiger partial charge in [0.15, 0.2) is 17.5 Å². The third-order valence-electron chi connectivity index (χ3n) is 7.62. The van der Waals surface area contributed by atoms with Crippen LogP contribution < -0.4 is 15.5 Å². The van der Waals surface area contributed by atoms with E-state index in [0.29, 0.717) is 24.7 Å². The summed E-state index contributed by atoms with van der Waals surface area (Å²) in [5, 5.41) is 11.2. The molecule has 0 amide bonds. The van der Waals surface area contributed by atoms with E-state index in [1.165, 1.54) is 0 Å². The van der Waals surface area contributed by atoms with Crippen LogP contribution in [0.1, 0.15) is 18.7 Å². The van der Waals surface area contributed by atoms with Crippen LogP contribution in [-0.4, -0.2) is 79.8 Å². The van der Waals surface area contributed by atoms with Crippen molar-refractivity contribution in [1.82, 2.24) is 39.8 Å². The number of piperidine rings is 1. The lowest BCUT2D eigenvalue weighted by Gasteiger charge is -2.35. The number of aromatic nitrogens is 6. The number of aromatic amines is 1. The molecule has 0 bridgehead atoms. The van der Waals surface area contributed by atoms with Crippen molar-refractivity contribution >= 4 is 28.2 Å². The average molecular weight is 527 g/mol. The molecule has 10 nitrogen and oxygen atoms in total. The molecule has 0 spiro atoms. The van der Waals surface area contributed by atoms with E-state index in [0.717, 1.165) is 73.5 Å². The molecule has 7 rings (SSSR count). The SMILES string of the molecule is Fc1c(N[C@@H]2CCCNC2)nc(-c2cnn3ccccc23)nc1N1CCN(Cc2nc3ccccc3[nH]2)CC1. The monoisotopic (exact) mass is 526 g/mol. The largest absolute Gasteiger partial charge is 0.363 e. The second-order valence-electron chi connectivity index (χ2n) is 10.3. The Balaban J connectivity index is 1.15. The van der Waals surface area contributed by atoms with Crippen LogP contribution in [0.4, 0.5) is 16.0 Å². The molecule has 2 saturated heterocycles. The Kier molecular flexibility index (Phi) is 6.29. The van der Waals surface area contributed by atoms with E-state index in [4.69, 9.17) is 9.97 Å². The van der Waals surface area contributed by atoms with Gasteiger partial charge in [-0.3, -0.25) is 4.90 Å². The minimum atomic E-state index is -0.397. The normalized spacial score (nSPS) is 18.7. The molecular formula is C28H31FN10. The summed E-state index contributed by atoms with van der Waals surface area (Å²) in [5.41, 5.74) is 3.69. The van der Waals surface area contributed by atoms with Crippen LogP contribution in [0.3, 0.4) is 0 Å². The van der Waals surface area contributed by atoms with Crippen LogP contribution in [0.25, 0.3) is 27.9 Å². The fourth-order valence-corrected chi connectivity index (χ4v) is 5.55. The number of rotatable bonds is 6. The summed E-state index contributed by atoms with van der Waals surface area (Å²) in [5.74, 6) is 1.62. The summed E-state index contributed by atoms with van der Waals surface area (Å²) >= 11 is 0. The number of nitrogens with one attached hydrogen (secondary N) is 3. The highest BCUT2D eigenvalue weighted by atomic mass is 19.1. The fraction of sp³-hybridized carbons (Fsp3) is 0.357. The highest BCUT2D eigenvalue weighted by Gasteiger charge is 2.27. The number of pyridine rings is 1. The Labute approximate surface area is 225 Å². The molecule has 200 valence electrons. The Morgan fingerprint density at radius 1 is 1.00 bits per heavy atom. The quantitative estimate of drug-likeness (QED) is 0.310. The van der Waals surface area contributed by atoms with E-state index in [-0.39, 0.29) is 11.9 Å². The molecule has 1 atom stereocenters. The molecule has 2 aliphatic rings. The van der Waals surface area contributed by atoms with E-state index in [2.05, 4.69) is 30.6 Å². The fourth-order valence-electron chi connectivity index (χ4n) is 5.55. The smallest absolute Gasteiger partial charge is 0.207 e. The summed E-state index contributed by atoms with van der Waals surface area (Å²) in [6.07, 6.45) is 5.66. The lowest BCUT2D eigenvalue weighted by Crippen LogP contribution is -2.47. The first-order valence-corrected chi connectivity index (χ1v) is 13.6. The van der Waals surface area contributed by atoms with Crippen molar-refractivity contribution in [2.75, 3.05) is 49.5 Å². The van der Waals surface area contributed by atoms with Crippen LogP contribution in [0.2, 0.25) is 0 Å². The maximum atomic E-state index is 16.0. The zero-order chi connectivity index (χ0) is 26.2. The summed E-state index contributed by atoms with van der Waals surface area (Å²) in [6.45, 7) is 5.38. The second kappa shape index (κ2) is 10.2. The number of imidazole rings is 1. The van der Waals surface area contributed by atoms with Crippen LogP contribution in [-0.2, 0) is 6.54 Å². The molecule has 1 aromatic carbocycles. The summed E-state index contributed by atoms with van der Waals surface area (Å²) in [4.78, 5) is 22.0. The Hall–Kier alpha value is -4.09. The Morgan fingerprint density at radius 2 is 1.87 bits per heavy atom. The van der Waals surface area contributed by atoms with Gasteiger partial charge in [-0.25, -0.2) is 19.5 Å². The van der Waals surface area contributed by atoms with Gasteiger partial charge in [0.25, 0.3) is 0 Å². The van der Waals surface area contributed by atoms with E-state index >= 15 is 4.39 Å². The maximum Gasteiger partial charge on any atom is 0.207 e. The number of anilines is 2. The van der Waals surface area contributed by atoms with E-state index in [1.807, 2.05) is 53.6 Å². The number of hydrogen-bond donors (Lipinski definition) is 3. The molecule has 2 aliphatic heterocycles. The number of para-hydroxylation sites is 2. The third-order valence-corrected chi connectivity index (χ3v) is 7.62. The molecule has 39 heavy (non-hydrogen) atoms. The highest BCUT2D eigenvalue weighted by Crippen LogP contribution is 2.30. The number of halogens is 1. The zero-order valence-corrected chi connectivity index (χ0v) is 21.6. The van der Waals surface area contributed by atoms with Crippen LogP contribution in [0, 0.1) is 5.82 Å². The van der Waals surface area contributed by atoms with Crippen molar-refractivity contribution in [1.29, 1.82) is 0 Å². The van der Waals surface area contributed by atoms with Gasteiger partial charge in [0.2, 0.25) is 5.82 Å². The molecule has 2 fully saturated rings. The number of H-pyrrole nitrogens is 1. The number of fused-ring (bicyclic) bond motifs is 2. The van der Waals surface area contributed by atoms with Gasteiger partial charge in [-0.05, 0) is 43.7 Å². The molecule has 0 unspecified atom stereocenters. The minimum absolute atomic E-state index is 0.119. The minimum Gasteiger partial charge on any atom is -0.363 e. The predicted octanol–water partition coefficient (Wildman–Crippen LogP) is 3.29. The number of benzene rings is 1. The molecule has 0 radical (unpaired) electrons. The van der Waals surface area contributed by atoms with Crippen molar-refractivity contribution in [3.63, 3.8) is 0 Å². The van der Waals surface area contributed by atoms with Crippen LogP contribution >= 0.6 is 0 Å². The maximum absolute atomic E-state index is 16.0. The van der Waals surface area contributed by atoms with Gasteiger partial charge in [-0.15, -0.1) is 0 Å². The van der Waals surface area contributed by atoms with Gasteiger partial charge in [0.1, 0.15) is 5.82 Å². The standard InChI is InChI=1S/C28H31FN10/c29-25-27(32-19-6-5-10-30-16-19)35-26(20-17-31-39-11-4-3-9-23(20)39)36-28(25)38-14-12-37(13-15-38)18-24-33-21-7-1-2-8-22(21)34-24/h1-4,7-9,11,17,19,30H,5-6,10,12-16,18H2,(H,33,34)(H,32,35,36)/t19-/m1/s1. The molecular weight excluding hydrogens is 495 g/mol. The first kappa shape index (κ1) is 24.0. The van der Waals surface area contributed by atoms with Crippen molar-refractivity contribution in [3.8, 4) is 11.4 Å². The van der Waals surface area contributed by atoms with E-state index in [9.17, 15) is 0 Å². The summed E-state index contributed by atoms with van der Waals surface area (Å²) < 4.78 is 17.8. The van der Waals surface area contributed by atoms with Gasteiger partial charge in [0, 0.05) is 45.0 Å². The van der Waals surface area contributed by atoms with Crippen LogP contribution in [0.5, 0.6) is 0 Å². The third kappa shape index (κ3) is 4.79. The molecule has 0 aliphatic carbocycles. The lowest BCUT2D eigenvalue weighted by molar-refractivity contribution is 0.243. The Bertz CT molecular complexity index is 1560. The average Bonchev–Trinajstić information content (AvgIpc) is 3.59. The highest BCUT2D eigenvalue weighted by molar-refractivity contribution is 5.77. The first-order chi connectivity index (χ1) is 19.2. The molecule has 4 aromatic heterocycles. The molecule has 11 heteroatoms. The molecule has 5 aromatic rings. The zero-order valence-electron chi connectivity index (χ0n) is 21.6. The first-order valence-electron chi connectivity index (χ1n) is 13.6. The molecule has 6 heterocycles. The molecule has 3 N–H and O–H groups in total. The Morgan fingerprint density at radius 3 is 2.72 bits per heavy atom. The van der Waals surface area contributed by atoms with Crippen LogP contribution in [0.15, 0.2) is 54.9 Å². The predicted molar refractivity (Wildman–Crippen MR) is 149 cm³/mol. The topological polar surface area (TPSA) is 102 Å². The van der Waals surface area contributed by atoms with Crippen molar-refractivity contribution in [2.24, 2.45) is 0 Å². The van der Waals surface area contributed by atoms with E-state index in [1.54, 1.807) is 10.7 Å². The number of hydrogen-bond acceptors (Lipinski definition) is 8. The van der Waals surface area contributed by atoms with Crippen molar-refractivity contribution in [2.45, 2.75) is 25.4 Å². The summed E-state index contributed by atoms with van der Waals surface area (Å²) in [7, 11) is 0. The number of nitrogens with zero attached hydrogens (tertiary/aromatic N) is 7. The van der Waals surface area contributed by atoms with Gasteiger partial charge in [-0.2, -0.15) is 9.49 Å². The molecule has 0 saturated carbocycles. The number of piperazine rings is 1. The van der Waals surface area contributed by atoms with Gasteiger partial charge < -0.3 is 20.5 Å². The lowest BCUT2D eigenvalue weighted by atomic mass is 10.1. The van der Waals surface area contributed by atoms with Gasteiger partial charge in [-0.1, -0.05) is 18.2 Å². The second-order valence-corrected chi connectivity index (χ2v) is 10.3. The van der Waals surface area contributed by atoms with Gasteiger partial charge in [0.05, 0.1) is 34.9 Å².